The normalized spacial score (nSPS) is 12.0. The molecule has 9 nitrogen and oxygen atoms in total. The lowest BCUT2D eigenvalue weighted by Gasteiger charge is -2.21. The highest BCUT2D eigenvalue weighted by Gasteiger charge is 2.24. The number of nitrogens with zero attached hydrogens (tertiary/aromatic N) is 4. The molecule has 24 heavy (non-hydrogen) atoms. The summed E-state index contributed by atoms with van der Waals surface area (Å²) in [5, 5.41) is 14.5. The SMILES string of the molecule is CC(C)(C)NC(=O)Nc1nc2c(nc1C#N)[nH]c(=O)n2C(C)(C)C. The minimum absolute atomic E-state index is 0.00347. The predicted octanol–water partition coefficient (Wildman–Crippen LogP) is 1.67. The molecule has 0 saturated heterocycles. The molecule has 2 aromatic rings. The molecule has 0 aliphatic heterocycles. The lowest BCUT2D eigenvalue weighted by atomic mass is 10.1. The van der Waals surface area contributed by atoms with Gasteiger partial charge in [-0.25, -0.2) is 19.6 Å². The summed E-state index contributed by atoms with van der Waals surface area (Å²) in [6.45, 7) is 11.0. The molecule has 0 fully saturated rings. The Morgan fingerprint density at radius 1 is 1.21 bits per heavy atom. The van der Waals surface area contributed by atoms with Crippen molar-refractivity contribution in [3.05, 3.63) is 16.2 Å². The molecule has 128 valence electrons. The van der Waals surface area contributed by atoms with Crippen LogP contribution >= 0.6 is 0 Å². The number of H-pyrrole nitrogens is 1. The number of urea groups is 1. The summed E-state index contributed by atoms with van der Waals surface area (Å²) >= 11 is 0. The van der Waals surface area contributed by atoms with Crippen LogP contribution in [0.3, 0.4) is 0 Å². The lowest BCUT2D eigenvalue weighted by molar-refractivity contribution is 0.243. The molecule has 9 heteroatoms. The van der Waals surface area contributed by atoms with Crippen LogP contribution < -0.4 is 16.3 Å². The first-order chi connectivity index (χ1) is 10.9. The first-order valence-corrected chi connectivity index (χ1v) is 7.45. The predicted molar refractivity (Wildman–Crippen MR) is 89.8 cm³/mol. The third kappa shape index (κ3) is 3.53. The van der Waals surface area contributed by atoms with Gasteiger partial charge < -0.3 is 5.32 Å². The van der Waals surface area contributed by atoms with E-state index in [0.29, 0.717) is 0 Å². The Labute approximate surface area is 139 Å². The Morgan fingerprint density at radius 3 is 2.33 bits per heavy atom. The van der Waals surface area contributed by atoms with Gasteiger partial charge in [0.2, 0.25) is 0 Å². The van der Waals surface area contributed by atoms with E-state index in [-0.39, 0.29) is 28.5 Å². The number of nitrogens with one attached hydrogen (secondary N) is 3. The summed E-state index contributed by atoms with van der Waals surface area (Å²) in [5.41, 5.74) is -0.962. The van der Waals surface area contributed by atoms with Gasteiger partial charge in [-0.3, -0.25) is 14.9 Å². The Bertz CT molecular complexity index is 888. The smallest absolute Gasteiger partial charge is 0.329 e. The van der Waals surface area contributed by atoms with Gasteiger partial charge in [-0.2, -0.15) is 5.26 Å². The minimum Gasteiger partial charge on any atom is -0.333 e. The molecular formula is C15H21N7O2. The van der Waals surface area contributed by atoms with E-state index in [1.54, 1.807) is 0 Å². The maximum Gasteiger partial charge on any atom is 0.329 e. The first-order valence-electron chi connectivity index (χ1n) is 7.45. The number of carbonyl (C=O) groups excluding carboxylic acids is 1. The number of hydrogen-bond acceptors (Lipinski definition) is 5. The molecule has 3 N–H and O–H groups in total. The van der Waals surface area contributed by atoms with E-state index in [9.17, 15) is 14.9 Å². The van der Waals surface area contributed by atoms with E-state index in [4.69, 9.17) is 0 Å². The van der Waals surface area contributed by atoms with Crippen LogP contribution in [-0.4, -0.2) is 31.1 Å². The van der Waals surface area contributed by atoms with E-state index in [2.05, 4.69) is 25.6 Å². The monoisotopic (exact) mass is 331 g/mol. The second-order valence-corrected chi connectivity index (χ2v) is 7.47. The third-order valence-corrected chi connectivity index (χ3v) is 3.01. The third-order valence-electron chi connectivity index (χ3n) is 3.01. The average Bonchev–Trinajstić information content (AvgIpc) is 2.69. The number of aromatic amines is 1. The number of rotatable bonds is 1. The van der Waals surface area contributed by atoms with Gasteiger partial charge in [-0.15, -0.1) is 0 Å². The number of amides is 2. The van der Waals surface area contributed by atoms with Gasteiger partial charge in [-0.05, 0) is 41.5 Å². The van der Waals surface area contributed by atoms with Gasteiger partial charge in [0.25, 0.3) is 0 Å². The van der Waals surface area contributed by atoms with Gasteiger partial charge in [0, 0.05) is 11.1 Å². The zero-order chi connectivity index (χ0) is 18.3. The molecule has 0 unspecified atom stereocenters. The van der Waals surface area contributed by atoms with Crippen LogP contribution in [0.25, 0.3) is 11.3 Å². The molecular weight excluding hydrogens is 310 g/mol. The zero-order valence-corrected chi connectivity index (χ0v) is 14.6. The van der Waals surface area contributed by atoms with Crippen LogP contribution in [0.1, 0.15) is 47.2 Å². The Balaban J connectivity index is 2.56. The van der Waals surface area contributed by atoms with E-state index >= 15 is 0 Å². The molecule has 2 heterocycles. The van der Waals surface area contributed by atoms with E-state index in [1.807, 2.05) is 47.6 Å². The summed E-state index contributed by atoms with van der Waals surface area (Å²) in [4.78, 5) is 35.1. The van der Waals surface area contributed by atoms with Crippen LogP contribution in [0.5, 0.6) is 0 Å². The largest absolute Gasteiger partial charge is 0.333 e. The van der Waals surface area contributed by atoms with Crippen molar-refractivity contribution in [3.63, 3.8) is 0 Å². The van der Waals surface area contributed by atoms with E-state index in [0.717, 1.165) is 0 Å². The molecule has 2 amide bonds. The van der Waals surface area contributed by atoms with E-state index < -0.39 is 17.1 Å². The molecule has 0 aliphatic rings. The fourth-order valence-corrected chi connectivity index (χ4v) is 2.19. The second kappa shape index (κ2) is 5.63. The minimum atomic E-state index is -0.539. The molecule has 0 radical (unpaired) electrons. The van der Waals surface area contributed by atoms with Gasteiger partial charge >= 0.3 is 11.7 Å². The van der Waals surface area contributed by atoms with Crippen LogP contribution in [-0.2, 0) is 5.54 Å². The lowest BCUT2D eigenvalue weighted by Crippen LogP contribution is -2.43. The standard InChI is InChI=1S/C15H21N7O2/c1-14(2,3)21-12(23)19-9-8(7-16)17-10-11(18-9)22(13(24)20-10)15(4,5)6/h1-6H3,(H,17,20,24)(H2,18,19,21,23). The van der Waals surface area contributed by atoms with Crippen LogP contribution in [0, 0.1) is 11.3 Å². The first kappa shape index (κ1) is 17.5. The quantitative estimate of drug-likeness (QED) is 0.732. The molecule has 0 aromatic carbocycles. The number of nitriles is 1. The highest BCUT2D eigenvalue weighted by atomic mass is 16.2. The van der Waals surface area contributed by atoms with Gasteiger partial charge in [0.1, 0.15) is 6.07 Å². The van der Waals surface area contributed by atoms with E-state index in [1.165, 1.54) is 4.57 Å². The van der Waals surface area contributed by atoms with Crippen molar-refractivity contribution in [1.82, 2.24) is 24.8 Å². The topological polar surface area (TPSA) is 128 Å². The average molecular weight is 331 g/mol. The van der Waals surface area contributed by atoms with Crippen LogP contribution in [0.2, 0.25) is 0 Å². The number of carbonyl (C=O) groups is 1. The summed E-state index contributed by atoms with van der Waals surface area (Å²) < 4.78 is 1.43. The molecule has 0 saturated carbocycles. The molecule has 2 aromatic heterocycles. The molecule has 0 aliphatic carbocycles. The molecule has 0 bridgehead atoms. The number of hydrogen-bond donors (Lipinski definition) is 3. The zero-order valence-electron chi connectivity index (χ0n) is 14.6. The Morgan fingerprint density at radius 2 is 1.83 bits per heavy atom. The molecule has 2 rings (SSSR count). The second-order valence-electron chi connectivity index (χ2n) is 7.47. The summed E-state index contributed by atoms with van der Waals surface area (Å²) in [7, 11) is 0. The van der Waals surface area contributed by atoms with Crippen molar-refractivity contribution in [2.24, 2.45) is 0 Å². The van der Waals surface area contributed by atoms with Crippen LogP contribution in [0.4, 0.5) is 10.6 Å². The molecule has 0 spiro atoms. The van der Waals surface area contributed by atoms with Crippen molar-refractivity contribution >= 4 is 23.1 Å². The van der Waals surface area contributed by atoms with Gasteiger partial charge in [0.05, 0.1) is 0 Å². The summed E-state index contributed by atoms with van der Waals surface area (Å²) in [6, 6.07) is 1.37. The summed E-state index contributed by atoms with van der Waals surface area (Å²) in [5.74, 6) is 0.00347. The molecule has 0 atom stereocenters. The Kier molecular flexibility index (Phi) is 4.10. The number of fused-ring (bicyclic) bond motifs is 1. The highest BCUT2D eigenvalue weighted by molar-refractivity contribution is 5.90. The maximum absolute atomic E-state index is 12.2. The van der Waals surface area contributed by atoms with Crippen molar-refractivity contribution in [2.45, 2.75) is 52.6 Å². The number of anilines is 1. The maximum atomic E-state index is 12.2. The van der Waals surface area contributed by atoms with Crippen molar-refractivity contribution in [3.8, 4) is 6.07 Å². The number of aromatic nitrogens is 4. The fourth-order valence-electron chi connectivity index (χ4n) is 2.19. The van der Waals surface area contributed by atoms with Crippen molar-refractivity contribution < 1.29 is 4.79 Å². The van der Waals surface area contributed by atoms with Gasteiger partial charge in [-0.1, -0.05) is 0 Å². The summed E-state index contributed by atoms with van der Waals surface area (Å²) in [6.07, 6.45) is 0. The van der Waals surface area contributed by atoms with Crippen LogP contribution in [0.15, 0.2) is 4.79 Å². The van der Waals surface area contributed by atoms with Gasteiger partial charge in [0.15, 0.2) is 22.8 Å². The highest BCUT2D eigenvalue weighted by Crippen LogP contribution is 2.20. The fraction of sp³-hybridized carbons (Fsp3) is 0.533. The van der Waals surface area contributed by atoms with Crippen molar-refractivity contribution in [1.29, 1.82) is 5.26 Å². The Hall–Kier alpha value is -2.89. The van der Waals surface area contributed by atoms with Crippen molar-refractivity contribution in [2.75, 3.05) is 5.32 Å². The number of imidazole rings is 1.